The number of halogens is 1. The number of imidazole rings is 1. The molecule has 2 aromatic rings. The third kappa shape index (κ3) is 2.86. The minimum atomic E-state index is 0.717. The summed E-state index contributed by atoms with van der Waals surface area (Å²) in [6, 6.07) is 6.97. The molecule has 1 aliphatic heterocycles. The molecule has 19 heavy (non-hydrogen) atoms. The lowest BCUT2D eigenvalue weighted by Crippen LogP contribution is -2.25. The Morgan fingerprint density at radius 2 is 2.11 bits per heavy atom. The first-order valence-corrected chi connectivity index (χ1v) is 7.79. The van der Waals surface area contributed by atoms with Crippen molar-refractivity contribution < 1.29 is 4.74 Å². The predicted octanol–water partition coefficient (Wildman–Crippen LogP) is 2.65. The molecule has 102 valence electrons. The zero-order valence-electron chi connectivity index (χ0n) is 11.1. The largest absolute Gasteiger partial charge is 0.463 e. The number of aryl methyl sites for hydroxylation is 1. The molecule has 1 fully saturated rings. The summed E-state index contributed by atoms with van der Waals surface area (Å²) in [5.74, 6) is 0. The van der Waals surface area contributed by atoms with E-state index in [-0.39, 0.29) is 0 Å². The van der Waals surface area contributed by atoms with Crippen LogP contribution in [0.4, 0.5) is 0 Å². The third-order valence-corrected chi connectivity index (χ3v) is 4.31. The van der Waals surface area contributed by atoms with Crippen LogP contribution in [0.5, 0.6) is 6.01 Å². The Balaban J connectivity index is 1.68. The van der Waals surface area contributed by atoms with Gasteiger partial charge in [-0.05, 0) is 66.7 Å². The Morgan fingerprint density at radius 1 is 1.32 bits per heavy atom. The molecule has 4 nitrogen and oxygen atoms in total. The van der Waals surface area contributed by atoms with Crippen LogP contribution < -0.4 is 4.74 Å². The van der Waals surface area contributed by atoms with Gasteiger partial charge in [-0.2, -0.15) is 4.98 Å². The fourth-order valence-electron chi connectivity index (χ4n) is 2.54. The van der Waals surface area contributed by atoms with E-state index in [1.165, 1.54) is 29.5 Å². The average Bonchev–Trinajstić information content (AvgIpc) is 3.00. The quantitative estimate of drug-likeness (QED) is 0.775. The van der Waals surface area contributed by atoms with Gasteiger partial charge in [-0.1, -0.05) is 0 Å². The van der Waals surface area contributed by atoms with Crippen molar-refractivity contribution in [3.63, 3.8) is 0 Å². The molecule has 0 radical (unpaired) electrons. The van der Waals surface area contributed by atoms with Gasteiger partial charge in [0, 0.05) is 17.2 Å². The van der Waals surface area contributed by atoms with Gasteiger partial charge in [-0.25, -0.2) is 0 Å². The standard InChI is InChI=1S/C14H18IN3O/c1-17-13-10-11(15)4-5-12(13)16-14(17)19-9-8-18-6-2-3-7-18/h4-5,10H,2-3,6-9H2,1H3. The summed E-state index contributed by atoms with van der Waals surface area (Å²) in [5.41, 5.74) is 2.13. The van der Waals surface area contributed by atoms with Crippen LogP contribution in [0.1, 0.15) is 12.8 Å². The number of aromatic nitrogens is 2. The molecular weight excluding hydrogens is 353 g/mol. The van der Waals surface area contributed by atoms with Crippen molar-refractivity contribution in [2.45, 2.75) is 12.8 Å². The number of rotatable bonds is 4. The molecule has 1 aromatic carbocycles. The molecule has 3 rings (SSSR count). The Hall–Kier alpha value is -0.820. The second-order valence-electron chi connectivity index (χ2n) is 4.98. The molecule has 0 aliphatic carbocycles. The monoisotopic (exact) mass is 371 g/mol. The number of likely N-dealkylation sites (tertiary alicyclic amines) is 1. The Kier molecular flexibility index (Phi) is 3.93. The van der Waals surface area contributed by atoms with Gasteiger partial charge in [-0.15, -0.1) is 0 Å². The summed E-state index contributed by atoms with van der Waals surface area (Å²) in [4.78, 5) is 6.99. The summed E-state index contributed by atoms with van der Waals surface area (Å²) in [7, 11) is 2.01. The van der Waals surface area contributed by atoms with E-state index in [0.29, 0.717) is 6.61 Å². The van der Waals surface area contributed by atoms with E-state index in [2.05, 4.69) is 44.6 Å². The van der Waals surface area contributed by atoms with Gasteiger partial charge < -0.3 is 4.74 Å². The molecule has 1 saturated heterocycles. The van der Waals surface area contributed by atoms with Gasteiger partial charge in [0.05, 0.1) is 11.0 Å². The van der Waals surface area contributed by atoms with Crippen molar-refractivity contribution in [3.05, 3.63) is 21.8 Å². The molecular formula is C14H18IN3O. The molecule has 0 atom stereocenters. The highest BCUT2D eigenvalue weighted by molar-refractivity contribution is 14.1. The number of nitrogens with zero attached hydrogens (tertiary/aromatic N) is 3. The Labute approximate surface area is 126 Å². The lowest BCUT2D eigenvalue weighted by Gasteiger charge is -2.14. The molecule has 0 N–H and O–H groups in total. The van der Waals surface area contributed by atoms with Crippen molar-refractivity contribution in [2.75, 3.05) is 26.2 Å². The van der Waals surface area contributed by atoms with Crippen LogP contribution in [0.25, 0.3) is 11.0 Å². The fourth-order valence-corrected chi connectivity index (χ4v) is 3.02. The second kappa shape index (κ2) is 5.66. The van der Waals surface area contributed by atoms with Crippen LogP contribution in [0.15, 0.2) is 18.2 Å². The fraction of sp³-hybridized carbons (Fsp3) is 0.500. The van der Waals surface area contributed by atoms with Crippen molar-refractivity contribution in [3.8, 4) is 6.01 Å². The predicted molar refractivity (Wildman–Crippen MR) is 84.6 cm³/mol. The highest BCUT2D eigenvalue weighted by atomic mass is 127. The molecule has 0 amide bonds. The first-order valence-electron chi connectivity index (χ1n) is 6.71. The highest BCUT2D eigenvalue weighted by Gasteiger charge is 2.13. The molecule has 1 aromatic heterocycles. The van der Waals surface area contributed by atoms with Gasteiger partial charge in [0.2, 0.25) is 0 Å². The Morgan fingerprint density at radius 3 is 2.89 bits per heavy atom. The normalized spacial score (nSPS) is 16.3. The van der Waals surface area contributed by atoms with Crippen molar-refractivity contribution in [1.29, 1.82) is 0 Å². The molecule has 0 unspecified atom stereocenters. The number of benzene rings is 1. The Bertz CT molecular complexity index is 575. The van der Waals surface area contributed by atoms with Crippen molar-refractivity contribution in [1.82, 2.24) is 14.5 Å². The number of hydrogen-bond acceptors (Lipinski definition) is 3. The molecule has 5 heteroatoms. The summed E-state index contributed by atoms with van der Waals surface area (Å²) in [6.07, 6.45) is 2.65. The van der Waals surface area contributed by atoms with Crippen molar-refractivity contribution >= 4 is 33.6 Å². The van der Waals surface area contributed by atoms with Gasteiger partial charge in [0.25, 0.3) is 6.01 Å². The minimum Gasteiger partial charge on any atom is -0.463 e. The van der Waals surface area contributed by atoms with E-state index >= 15 is 0 Å². The van der Waals surface area contributed by atoms with E-state index in [4.69, 9.17) is 4.74 Å². The average molecular weight is 371 g/mol. The van der Waals surface area contributed by atoms with Crippen LogP contribution >= 0.6 is 22.6 Å². The van der Waals surface area contributed by atoms with Crippen LogP contribution in [0, 0.1) is 3.57 Å². The van der Waals surface area contributed by atoms with Gasteiger partial charge >= 0.3 is 0 Å². The molecule has 1 aliphatic rings. The van der Waals surface area contributed by atoms with Crippen LogP contribution in [-0.2, 0) is 7.05 Å². The smallest absolute Gasteiger partial charge is 0.297 e. The van der Waals surface area contributed by atoms with Gasteiger partial charge in [-0.3, -0.25) is 9.47 Å². The lowest BCUT2D eigenvalue weighted by molar-refractivity contribution is 0.221. The van der Waals surface area contributed by atoms with E-state index in [1.54, 1.807) is 0 Å². The zero-order valence-corrected chi connectivity index (χ0v) is 13.3. The third-order valence-electron chi connectivity index (χ3n) is 3.64. The first kappa shape index (κ1) is 13.2. The van der Waals surface area contributed by atoms with Crippen molar-refractivity contribution in [2.24, 2.45) is 7.05 Å². The number of hydrogen-bond donors (Lipinski definition) is 0. The zero-order chi connectivity index (χ0) is 13.2. The number of ether oxygens (including phenoxy) is 1. The van der Waals surface area contributed by atoms with E-state index in [0.717, 1.165) is 23.6 Å². The molecule has 0 bridgehead atoms. The lowest BCUT2D eigenvalue weighted by atomic mass is 10.3. The summed E-state index contributed by atoms with van der Waals surface area (Å²) < 4.78 is 9.08. The van der Waals surface area contributed by atoms with Gasteiger partial charge in [0.15, 0.2) is 0 Å². The topological polar surface area (TPSA) is 30.3 Å². The first-order chi connectivity index (χ1) is 9.24. The number of fused-ring (bicyclic) bond motifs is 1. The van der Waals surface area contributed by atoms with Crippen LogP contribution in [-0.4, -0.2) is 40.7 Å². The maximum absolute atomic E-state index is 5.83. The molecule has 2 heterocycles. The molecule has 0 saturated carbocycles. The molecule has 0 spiro atoms. The van der Waals surface area contributed by atoms with E-state index in [9.17, 15) is 0 Å². The summed E-state index contributed by atoms with van der Waals surface area (Å²) in [6.45, 7) is 4.14. The highest BCUT2D eigenvalue weighted by Crippen LogP contribution is 2.21. The van der Waals surface area contributed by atoms with Gasteiger partial charge in [0.1, 0.15) is 6.61 Å². The van der Waals surface area contributed by atoms with E-state index < -0.39 is 0 Å². The van der Waals surface area contributed by atoms with Crippen LogP contribution in [0.3, 0.4) is 0 Å². The van der Waals surface area contributed by atoms with E-state index in [1.807, 2.05) is 17.7 Å². The summed E-state index contributed by atoms with van der Waals surface area (Å²) >= 11 is 2.32. The summed E-state index contributed by atoms with van der Waals surface area (Å²) in [5, 5.41) is 0. The SMILES string of the molecule is Cn1c(OCCN2CCCC2)nc2ccc(I)cc21. The maximum atomic E-state index is 5.83. The van der Waals surface area contributed by atoms with Crippen LogP contribution in [0.2, 0.25) is 0 Å². The second-order valence-corrected chi connectivity index (χ2v) is 6.23. The minimum absolute atomic E-state index is 0.717. The maximum Gasteiger partial charge on any atom is 0.297 e.